The average molecular weight is 444 g/mol. The van der Waals surface area contributed by atoms with E-state index in [1.54, 1.807) is 22.7 Å². The molecule has 30 heavy (non-hydrogen) atoms. The number of hydrogen-bond acceptors (Lipinski definition) is 7. The zero-order valence-electron chi connectivity index (χ0n) is 17.0. The van der Waals surface area contributed by atoms with Crippen LogP contribution in [-0.4, -0.2) is 33.5 Å². The summed E-state index contributed by atoms with van der Waals surface area (Å²) in [5.41, 5.74) is 3.53. The van der Waals surface area contributed by atoms with Gasteiger partial charge in [-0.25, -0.2) is 4.98 Å². The van der Waals surface area contributed by atoms with E-state index in [0.29, 0.717) is 24.5 Å². The van der Waals surface area contributed by atoms with Crippen molar-refractivity contribution in [3.8, 4) is 10.6 Å². The Bertz CT molecular complexity index is 1030. The second kappa shape index (κ2) is 8.83. The van der Waals surface area contributed by atoms with Gasteiger partial charge in [-0.05, 0) is 62.6 Å². The van der Waals surface area contributed by atoms with Gasteiger partial charge in [0.2, 0.25) is 0 Å². The second-order valence-electron chi connectivity index (χ2n) is 8.53. The molecule has 1 aliphatic carbocycles. The van der Waals surface area contributed by atoms with E-state index in [0.717, 1.165) is 66.8 Å². The monoisotopic (exact) mass is 443 g/mol. The minimum Gasteiger partial charge on any atom is -0.393 e. The third-order valence-corrected chi connectivity index (χ3v) is 8.63. The molecule has 1 saturated carbocycles. The van der Waals surface area contributed by atoms with Crippen molar-refractivity contribution in [1.29, 1.82) is 0 Å². The molecule has 2 atom stereocenters. The molecule has 0 unspecified atom stereocenters. The fourth-order valence-corrected chi connectivity index (χ4v) is 7.27. The Morgan fingerprint density at radius 2 is 2.27 bits per heavy atom. The van der Waals surface area contributed by atoms with Crippen molar-refractivity contribution in [3.63, 3.8) is 0 Å². The Labute approximate surface area is 186 Å². The highest BCUT2D eigenvalue weighted by Crippen LogP contribution is 2.42. The summed E-state index contributed by atoms with van der Waals surface area (Å²) in [6.07, 6.45) is 10.6. The van der Waals surface area contributed by atoms with Gasteiger partial charge >= 0.3 is 0 Å². The number of Topliss-reactive ketones (excluding diaryl/α,β-unsaturated/α-hetero) is 1. The molecule has 3 aromatic heterocycles. The van der Waals surface area contributed by atoms with Crippen LogP contribution in [0.1, 0.15) is 55.3 Å². The molecule has 1 aliphatic heterocycles. The van der Waals surface area contributed by atoms with Gasteiger partial charge in [-0.3, -0.25) is 9.78 Å². The van der Waals surface area contributed by atoms with Crippen molar-refractivity contribution in [2.24, 2.45) is 5.92 Å². The molecular weight excluding hydrogens is 414 g/mol. The fraction of sp³-hybridized carbons (Fsp3) is 0.522. The predicted octanol–water partition coefficient (Wildman–Crippen LogP) is 4.75. The number of carbonyl (C=O) groups excluding carboxylic acids is 1. The third-order valence-electron chi connectivity index (χ3n) is 6.34. The first-order chi connectivity index (χ1) is 14.7. The summed E-state index contributed by atoms with van der Waals surface area (Å²) < 4.78 is 1.14. The summed E-state index contributed by atoms with van der Waals surface area (Å²) in [6, 6.07) is 2.02. The zero-order valence-corrected chi connectivity index (χ0v) is 18.7. The van der Waals surface area contributed by atoms with Gasteiger partial charge < -0.3 is 10.4 Å². The normalized spacial score (nSPS) is 21.2. The highest BCUT2D eigenvalue weighted by Gasteiger charge is 2.26. The molecule has 4 heterocycles. The Morgan fingerprint density at radius 3 is 3.10 bits per heavy atom. The molecule has 0 bridgehead atoms. The number of rotatable bonds is 7. The zero-order chi connectivity index (χ0) is 20.5. The van der Waals surface area contributed by atoms with Crippen molar-refractivity contribution < 1.29 is 11.3 Å². The summed E-state index contributed by atoms with van der Waals surface area (Å²) in [5.74, 6) is 0.920. The van der Waals surface area contributed by atoms with Crippen LogP contribution in [0.2, 0.25) is 0 Å². The first-order valence-electron chi connectivity index (χ1n) is 10.9. The van der Waals surface area contributed by atoms with E-state index in [-0.39, 0.29) is 7.53 Å². The molecule has 0 radical (unpaired) electrons. The largest absolute Gasteiger partial charge is 0.393 e. The molecule has 2 N–H and O–H groups in total. The summed E-state index contributed by atoms with van der Waals surface area (Å²) in [4.78, 5) is 24.4. The molecule has 7 heteroatoms. The summed E-state index contributed by atoms with van der Waals surface area (Å²) in [7, 11) is 0. The van der Waals surface area contributed by atoms with Crippen LogP contribution >= 0.6 is 22.7 Å². The topological polar surface area (TPSA) is 75.1 Å². The summed E-state index contributed by atoms with van der Waals surface area (Å²) in [5, 5.41) is 14.2. The maximum atomic E-state index is 12.8. The lowest BCUT2D eigenvalue weighted by atomic mass is 9.97. The summed E-state index contributed by atoms with van der Waals surface area (Å²) >= 11 is 3.49. The lowest BCUT2D eigenvalue weighted by Crippen LogP contribution is -2.22. The van der Waals surface area contributed by atoms with Crippen LogP contribution in [0.4, 0.5) is 0 Å². The molecule has 0 spiro atoms. The highest BCUT2D eigenvalue weighted by atomic mass is 32.1. The number of aliphatic hydroxyl groups excluding tert-OH is 1. The van der Waals surface area contributed by atoms with Crippen LogP contribution in [0.15, 0.2) is 18.5 Å². The first kappa shape index (κ1) is 20.2. The number of aliphatic hydroxyl groups is 1. The van der Waals surface area contributed by atoms with Gasteiger partial charge in [0.25, 0.3) is 0 Å². The number of hydrogen-bond donors (Lipinski definition) is 2. The van der Waals surface area contributed by atoms with Crippen molar-refractivity contribution in [2.75, 3.05) is 6.54 Å². The van der Waals surface area contributed by atoms with Gasteiger partial charge in [0.05, 0.1) is 17.0 Å². The van der Waals surface area contributed by atoms with Crippen LogP contribution in [0.5, 0.6) is 0 Å². The van der Waals surface area contributed by atoms with E-state index in [1.807, 2.05) is 18.5 Å². The van der Waals surface area contributed by atoms with E-state index >= 15 is 0 Å². The van der Waals surface area contributed by atoms with Crippen molar-refractivity contribution in [3.05, 3.63) is 33.8 Å². The predicted molar refractivity (Wildman–Crippen MR) is 124 cm³/mol. The number of nitrogens with one attached hydrogen (secondary N) is 1. The Balaban J connectivity index is 0.00000231. The van der Waals surface area contributed by atoms with Gasteiger partial charge in [0.15, 0.2) is 0 Å². The smallest absolute Gasteiger partial charge is 0.138 e. The number of fused-ring (bicyclic) bond motifs is 2. The van der Waals surface area contributed by atoms with Gasteiger partial charge in [-0.2, -0.15) is 0 Å². The van der Waals surface area contributed by atoms with E-state index < -0.39 is 0 Å². The van der Waals surface area contributed by atoms with Crippen molar-refractivity contribution in [1.82, 2.24) is 15.3 Å². The molecule has 5 nitrogen and oxygen atoms in total. The number of thiazole rings is 1. The van der Waals surface area contributed by atoms with Crippen molar-refractivity contribution in [2.45, 2.75) is 64.0 Å². The number of pyridine rings is 1. The number of aromatic nitrogens is 2. The third kappa shape index (κ3) is 4.21. The fourth-order valence-electron chi connectivity index (χ4n) is 4.82. The molecule has 160 valence electrons. The Kier molecular flexibility index (Phi) is 5.96. The van der Waals surface area contributed by atoms with Gasteiger partial charge in [0.1, 0.15) is 16.3 Å². The minimum absolute atomic E-state index is 0. The molecule has 0 aromatic carbocycles. The molecule has 5 rings (SSSR count). The molecule has 0 amide bonds. The number of thiophene rings is 1. The van der Waals surface area contributed by atoms with Gasteiger partial charge in [0, 0.05) is 42.3 Å². The molecule has 2 aliphatic rings. The van der Waals surface area contributed by atoms with Gasteiger partial charge in [-0.1, -0.05) is 0 Å². The lowest BCUT2D eigenvalue weighted by molar-refractivity contribution is -0.118. The average Bonchev–Trinajstić information content (AvgIpc) is 3.43. The van der Waals surface area contributed by atoms with E-state index in [9.17, 15) is 9.90 Å². The SMILES string of the molecule is O=C(CCC[C@H]1CC[C@@H](O)C1)Cc1sc2c(c1-c1nc3cnccc3s1)CCNC2.[HH]. The number of ketones is 1. The molecule has 3 aromatic rings. The maximum Gasteiger partial charge on any atom is 0.138 e. The molecular formula is C23H29N3O2S2. The number of carbonyl (C=O) groups is 1. The standard InChI is InChI=1S/C23H27N3O2S2.H2/c27-15(3-1-2-14-4-5-16(28)10-14)11-20-22(17-6-8-25-13-21(17)29-20)23-26-18-12-24-9-7-19(18)30-23;/h7,9,12,14,16,25,28H,1-6,8,10-11,13H2;1H/t14-,16+;/m0./s1. The second-order valence-corrected chi connectivity index (χ2v) is 10.8. The molecule has 0 saturated heterocycles. The van der Waals surface area contributed by atoms with E-state index in [1.165, 1.54) is 20.9 Å². The van der Waals surface area contributed by atoms with E-state index in [4.69, 9.17) is 4.98 Å². The lowest BCUT2D eigenvalue weighted by Gasteiger charge is -2.13. The van der Waals surface area contributed by atoms with Gasteiger partial charge in [-0.15, -0.1) is 22.7 Å². The summed E-state index contributed by atoms with van der Waals surface area (Å²) in [6.45, 7) is 1.86. The number of nitrogens with zero attached hydrogens (tertiary/aromatic N) is 2. The maximum absolute atomic E-state index is 12.8. The van der Waals surface area contributed by atoms with Crippen LogP contribution in [0, 0.1) is 5.92 Å². The van der Waals surface area contributed by atoms with Crippen LogP contribution in [0.3, 0.4) is 0 Å². The van der Waals surface area contributed by atoms with Crippen LogP contribution in [-0.2, 0) is 24.2 Å². The van der Waals surface area contributed by atoms with Crippen LogP contribution < -0.4 is 5.32 Å². The minimum atomic E-state index is -0.122. The Morgan fingerprint density at radius 1 is 1.33 bits per heavy atom. The van der Waals surface area contributed by atoms with Crippen LogP contribution in [0.25, 0.3) is 20.8 Å². The van der Waals surface area contributed by atoms with Crippen molar-refractivity contribution >= 4 is 38.7 Å². The first-order valence-corrected chi connectivity index (χ1v) is 12.6. The van der Waals surface area contributed by atoms with E-state index in [2.05, 4.69) is 10.3 Å². The Hall–Kier alpha value is -1.67. The quantitative estimate of drug-likeness (QED) is 0.551. The molecule has 1 fully saturated rings. The highest BCUT2D eigenvalue weighted by molar-refractivity contribution is 7.22.